The summed E-state index contributed by atoms with van der Waals surface area (Å²) in [5.74, 6) is -1.25. The smallest absolute Gasteiger partial charge is 0.326 e. The van der Waals surface area contributed by atoms with Gasteiger partial charge >= 0.3 is 5.97 Å². The topological polar surface area (TPSA) is 70.5 Å². The number of para-hydroxylation sites is 1. The number of carbonyl (C=O) groups excluding carboxylic acids is 1. The minimum atomic E-state index is -0.948. The van der Waals surface area contributed by atoms with Crippen LogP contribution < -0.4 is 0 Å². The first-order chi connectivity index (χ1) is 9.66. The average molecular weight is 270 g/mol. The van der Waals surface area contributed by atoms with Gasteiger partial charge in [0.05, 0.1) is 5.52 Å². The number of hydrogen-bond donors (Lipinski definition) is 1. The molecule has 0 spiro atoms. The van der Waals surface area contributed by atoms with E-state index in [1.54, 1.807) is 6.07 Å². The van der Waals surface area contributed by atoms with E-state index in [9.17, 15) is 9.59 Å². The average Bonchev–Trinajstić information content (AvgIpc) is 2.95. The molecule has 20 heavy (non-hydrogen) atoms. The van der Waals surface area contributed by atoms with E-state index in [1.807, 2.05) is 30.3 Å². The van der Waals surface area contributed by atoms with E-state index in [1.165, 1.54) is 4.90 Å². The van der Waals surface area contributed by atoms with Crippen molar-refractivity contribution >= 4 is 22.8 Å². The Balaban J connectivity index is 1.94. The third-order valence-corrected chi connectivity index (χ3v) is 3.62. The zero-order valence-electron chi connectivity index (χ0n) is 10.8. The summed E-state index contributed by atoms with van der Waals surface area (Å²) in [6, 6.07) is 10.3. The summed E-state index contributed by atoms with van der Waals surface area (Å²) < 4.78 is 0. The molecule has 1 aromatic carbocycles. The van der Waals surface area contributed by atoms with Crippen LogP contribution >= 0.6 is 0 Å². The van der Waals surface area contributed by atoms with E-state index in [4.69, 9.17) is 5.11 Å². The fourth-order valence-corrected chi connectivity index (χ4v) is 2.60. The normalized spacial score (nSPS) is 18.4. The maximum absolute atomic E-state index is 12.4. The number of hydrogen-bond acceptors (Lipinski definition) is 3. The minimum Gasteiger partial charge on any atom is -0.480 e. The Bertz CT molecular complexity index is 684. The molecule has 1 N–H and O–H groups in total. The molecular weight excluding hydrogens is 256 g/mol. The number of benzene rings is 1. The number of rotatable bonds is 2. The van der Waals surface area contributed by atoms with E-state index in [-0.39, 0.29) is 5.91 Å². The maximum atomic E-state index is 12.4. The molecule has 5 nitrogen and oxygen atoms in total. The van der Waals surface area contributed by atoms with Crippen LogP contribution in [0.2, 0.25) is 0 Å². The summed E-state index contributed by atoms with van der Waals surface area (Å²) in [4.78, 5) is 29.3. The van der Waals surface area contributed by atoms with Crippen molar-refractivity contribution in [2.45, 2.75) is 18.9 Å². The van der Waals surface area contributed by atoms with Crippen LogP contribution in [0.5, 0.6) is 0 Å². The Kier molecular flexibility index (Phi) is 3.10. The van der Waals surface area contributed by atoms with Gasteiger partial charge in [0, 0.05) is 11.9 Å². The van der Waals surface area contributed by atoms with E-state index in [0.717, 1.165) is 17.3 Å². The molecule has 1 amide bonds. The molecule has 0 saturated carbocycles. The quantitative estimate of drug-likeness (QED) is 0.905. The molecule has 2 aromatic rings. The van der Waals surface area contributed by atoms with Gasteiger partial charge in [0.2, 0.25) is 0 Å². The first-order valence-corrected chi connectivity index (χ1v) is 6.56. The molecule has 0 bridgehead atoms. The summed E-state index contributed by atoms with van der Waals surface area (Å²) in [7, 11) is 0. The highest BCUT2D eigenvalue weighted by atomic mass is 16.4. The second-order valence-electron chi connectivity index (χ2n) is 4.88. The van der Waals surface area contributed by atoms with Crippen LogP contribution in [0.1, 0.15) is 23.3 Å². The molecule has 0 radical (unpaired) electrons. The van der Waals surface area contributed by atoms with Crippen LogP contribution in [0, 0.1) is 0 Å². The highest BCUT2D eigenvalue weighted by Crippen LogP contribution is 2.21. The van der Waals surface area contributed by atoms with Crippen molar-refractivity contribution in [1.29, 1.82) is 0 Å². The molecule has 1 fully saturated rings. The lowest BCUT2D eigenvalue weighted by Gasteiger charge is -2.20. The number of aromatic nitrogens is 1. The second kappa shape index (κ2) is 4.92. The van der Waals surface area contributed by atoms with Crippen molar-refractivity contribution in [2.75, 3.05) is 6.54 Å². The number of carbonyl (C=O) groups is 2. The minimum absolute atomic E-state index is 0.303. The predicted molar refractivity (Wildman–Crippen MR) is 73.4 cm³/mol. The monoisotopic (exact) mass is 270 g/mol. The molecule has 5 heteroatoms. The largest absolute Gasteiger partial charge is 0.480 e. The van der Waals surface area contributed by atoms with Crippen LogP contribution in [-0.4, -0.2) is 39.5 Å². The summed E-state index contributed by atoms with van der Waals surface area (Å²) in [5.41, 5.74) is 1.04. The third-order valence-electron chi connectivity index (χ3n) is 3.62. The summed E-state index contributed by atoms with van der Waals surface area (Å²) in [6.07, 6.45) is 1.23. The van der Waals surface area contributed by atoms with Gasteiger partial charge in [0.25, 0.3) is 5.91 Å². The Morgan fingerprint density at radius 2 is 2.00 bits per heavy atom. The second-order valence-corrected chi connectivity index (χ2v) is 4.88. The van der Waals surface area contributed by atoms with Crippen molar-refractivity contribution in [3.63, 3.8) is 0 Å². The molecular formula is C15H14N2O3. The van der Waals surface area contributed by atoms with Crippen LogP contribution in [-0.2, 0) is 4.79 Å². The molecule has 102 valence electrons. The zero-order chi connectivity index (χ0) is 14.1. The Labute approximate surface area is 115 Å². The van der Waals surface area contributed by atoms with Gasteiger partial charge in [-0.1, -0.05) is 24.3 Å². The van der Waals surface area contributed by atoms with Gasteiger partial charge in [-0.05, 0) is 25.0 Å². The molecule has 1 aromatic heterocycles. The number of likely N-dealkylation sites (tertiary alicyclic amines) is 1. The van der Waals surface area contributed by atoms with Crippen LogP contribution in [0.3, 0.4) is 0 Å². The van der Waals surface area contributed by atoms with Crippen LogP contribution in [0.25, 0.3) is 10.9 Å². The number of amides is 1. The standard InChI is InChI=1S/C15H14N2O3/c18-14(17-9-3-6-13(17)15(19)20)12-8-7-10-4-1-2-5-11(10)16-12/h1-2,4-5,7-8,13H,3,6,9H2,(H,19,20)/t13-/m0/s1. The predicted octanol–water partition coefficient (Wildman–Crippen LogP) is 1.92. The maximum Gasteiger partial charge on any atom is 0.326 e. The van der Waals surface area contributed by atoms with Crippen LogP contribution in [0.4, 0.5) is 0 Å². The van der Waals surface area contributed by atoms with Crippen molar-refractivity contribution in [2.24, 2.45) is 0 Å². The molecule has 3 rings (SSSR count). The van der Waals surface area contributed by atoms with Gasteiger partial charge in [-0.2, -0.15) is 0 Å². The summed E-state index contributed by atoms with van der Waals surface area (Å²) in [6.45, 7) is 0.476. The highest BCUT2D eigenvalue weighted by Gasteiger charge is 2.34. The van der Waals surface area contributed by atoms with Crippen molar-refractivity contribution < 1.29 is 14.7 Å². The van der Waals surface area contributed by atoms with Gasteiger partial charge < -0.3 is 10.0 Å². The lowest BCUT2D eigenvalue weighted by atomic mass is 10.2. The number of pyridine rings is 1. The van der Waals surface area contributed by atoms with Crippen molar-refractivity contribution in [3.8, 4) is 0 Å². The first kappa shape index (κ1) is 12.6. The fourth-order valence-electron chi connectivity index (χ4n) is 2.60. The molecule has 1 aliphatic rings. The number of aliphatic carboxylic acids is 1. The molecule has 2 heterocycles. The molecule has 0 unspecified atom stereocenters. The van der Waals surface area contributed by atoms with Gasteiger partial charge in [0.1, 0.15) is 11.7 Å². The number of carboxylic acid groups (broad SMARTS) is 1. The number of fused-ring (bicyclic) bond motifs is 1. The molecule has 1 atom stereocenters. The zero-order valence-corrected chi connectivity index (χ0v) is 10.8. The van der Waals surface area contributed by atoms with Crippen LogP contribution in [0.15, 0.2) is 36.4 Å². The van der Waals surface area contributed by atoms with E-state index in [0.29, 0.717) is 18.7 Å². The Morgan fingerprint density at radius 1 is 1.20 bits per heavy atom. The number of nitrogens with zero attached hydrogens (tertiary/aromatic N) is 2. The molecule has 1 saturated heterocycles. The van der Waals surface area contributed by atoms with Gasteiger partial charge in [0.15, 0.2) is 0 Å². The first-order valence-electron chi connectivity index (χ1n) is 6.56. The van der Waals surface area contributed by atoms with Crippen molar-refractivity contribution in [1.82, 2.24) is 9.88 Å². The van der Waals surface area contributed by atoms with Crippen molar-refractivity contribution in [3.05, 3.63) is 42.1 Å². The molecule has 1 aliphatic heterocycles. The van der Waals surface area contributed by atoms with E-state index in [2.05, 4.69) is 4.98 Å². The van der Waals surface area contributed by atoms with Gasteiger partial charge in [-0.25, -0.2) is 9.78 Å². The lowest BCUT2D eigenvalue weighted by molar-refractivity contribution is -0.141. The SMILES string of the molecule is O=C(O)[C@@H]1CCCN1C(=O)c1ccc2ccccc2n1. The summed E-state index contributed by atoms with van der Waals surface area (Å²) >= 11 is 0. The Hall–Kier alpha value is -2.43. The Morgan fingerprint density at radius 3 is 2.80 bits per heavy atom. The highest BCUT2D eigenvalue weighted by molar-refractivity contribution is 5.97. The van der Waals surface area contributed by atoms with Gasteiger partial charge in [-0.3, -0.25) is 4.79 Å². The number of carboxylic acids is 1. The van der Waals surface area contributed by atoms with E-state index < -0.39 is 12.0 Å². The summed E-state index contributed by atoms with van der Waals surface area (Å²) in [5, 5.41) is 10.1. The van der Waals surface area contributed by atoms with Gasteiger partial charge in [-0.15, -0.1) is 0 Å². The lowest BCUT2D eigenvalue weighted by Crippen LogP contribution is -2.40. The molecule has 0 aliphatic carbocycles. The van der Waals surface area contributed by atoms with E-state index >= 15 is 0 Å². The third kappa shape index (κ3) is 2.11. The fraction of sp³-hybridized carbons (Fsp3) is 0.267.